The predicted molar refractivity (Wildman–Crippen MR) is 80.3 cm³/mol. The monoisotopic (exact) mass is 278 g/mol. The maximum atomic E-state index is 4.68. The summed E-state index contributed by atoms with van der Waals surface area (Å²) in [5, 5.41) is 4.79. The van der Waals surface area contributed by atoms with Crippen LogP contribution in [0.25, 0.3) is 0 Å². The van der Waals surface area contributed by atoms with Crippen LogP contribution in [0, 0.1) is 5.92 Å². The summed E-state index contributed by atoms with van der Waals surface area (Å²) in [5.74, 6) is 3.10. The minimum atomic E-state index is 0.331. The summed E-state index contributed by atoms with van der Waals surface area (Å²) < 4.78 is 2.03. The van der Waals surface area contributed by atoms with Crippen LogP contribution in [0.3, 0.4) is 0 Å². The van der Waals surface area contributed by atoms with Crippen LogP contribution < -0.4 is 5.32 Å². The van der Waals surface area contributed by atoms with Gasteiger partial charge in [0, 0.05) is 30.7 Å². The van der Waals surface area contributed by atoms with Gasteiger partial charge in [0.05, 0.1) is 6.54 Å². The first-order valence-electron chi connectivity index (χ1n) is 7.08. The summed E-state index contributed by atoms with van der Waals surface area (Å²) in [6.45, 7) is 3.04. The number of imidazole rings is 1. The number of rotatable bonds is 2. The Labute approximate surface area is 119 Å². The van der Waals surface area contributed by atoms with Crippen LogP contribution >= 0.6 is 11.8 Å². The third-order valence-electron chi connectivity index (χ3n) is 4.37. The van der Waals surface area contributed by atoms with E-state index in [-0.39, 0.29) is 0 Å². The van der Waals surface area contributed by atoms with E-state index in [2.05, 4.69) is 22.2 Å². The van der Waals surface area contributed by atoms with Crippen molar-refractivity contribution in [2.24, 2.45) is 18.0 Å². The van der Waals surface area contributed by atoms with E-state index in [1.807, 2.05) is 35.8 Å². The van der Waals surface area contributed by atoms with Crippen LogP contribution in [-0.4, -0.2) is 26.0 Å². The highest BCUT2D eigenvalue weighted by atomic mass is 32.2. The average Bonchev–Trinajstić information content (AvgIpc) is 2.99. The van der Waals surface area contributed by atoms with Crippen molar-refractivity contribution in [3.63, 3.8) is 0 Å². The molecule has 1 aliphatic carbocycles. The van der Waals surface area contributed by atoms with Crippen LogP contribution in [0.15, 0.2) is 17.4 Å². The smallest absolute Gasteiger partial charge is 0.157 e. The molecule has 2 aliphatic rings. The van der Waals surface area contributed by atoms with Gasteiger partial charge in [0.15, 0.2) is 5.17 Å². The van der Waals surface area contributed by atoms with Gasteiger partial charge in [0.2, 0.25) is 0 Å². The van der Waals surface area contributed by atoms with E-state index in [1.165, 1.54) is 31.4 Å². The first kappa shape index (κ1) is 13.0. The van der Waals surface area contributed by atoms with Crippen molar-refractivity contribution < 1.29 is 0 Å². The molecule has 0 aromatic carbocycles. The van der Waals surface area contributed by atoms with E-state index in [9.17, 15) is 0 Å². The summed E-state index contributed by atoms with van der Waals surface area (Å²) in [7, 11) is 2.02. The fourth-order valence-electron chi connectivity index (χ4n) is 2.87. The maximum absolute atomic E-state index is 4.68. The van der Waals surface area contributed by atoms with Crippen molar-refractivity contribution in [3.05, 3.63) is 18.2 Å². The lowest BCUT2D eigenvalue weighted by atomic mass is 9.78. The highest BCUT2D eigenvalue weighted by Crippen LogP contribution is 2.38. The Bertz CT molecular complexity index is 472. The molecule has 104 valence electrons. The molecule has 3 rings (SSSR count). The Morgan fingerprint density at radius 2 is 2.32 bits per heavy atom. The van der Waals surface area contributed by atoms with Crippen LogP contribution in [0.4, 0.5) is 0 Å². The molecule has 4 nitrogen and oxygen atoms in total. The first-order valence-corrected chi connectivity index (χ1v) is 8.07. The molecule has 1 aromatic rings. The van der Waals surface area contributed by atoms with Crippen molar-refractivity contribution in [1.82, 2.24) is 14.9 Å². The molecule has 5 heteroatoms. The van der Waals surface area contributed by atoms with Crippen molar-refractivity contribution >= 4 is 16.9 Å². The second-order valence-electron chi connectivity index (χ2n) is 5.95. The van der Waals surface area contributed by atoms with E-state index < -0.39 is 0 Å². The Kier molecular flexibility index (Phi) is 3.56. The quantitative estimate of drug-likeness (QED) is 0.904. The van der Waals surface area contributed by atoms with Gasteiger partial charge in [-0.25, -0.2) is 4.98 Å². The molecule has 0 bridgehead atoms. The predicted octanol–water partition coefficient (Wildman–Crippen LogP) is 2.56. The zero-order chi connectivity index (χ0) is 13.3. The lowest BCUT2D eigenvalue weighted by Gasteiger charge is -2.35. The fourth-order valence-corrected chi connectivity index (χ4v) is 4.08. The zero-order valence-corrected chi connectivity index (χ0v) is 12.5. The molecule has 1 aromatic heterocycles. The van der Waals surface area contributed by atoms with Crippen molar-refractivity contribution in [1.29, 1.82) is 0 Å². The van der Waals surface area contributed by atoms with E-state index >= 15 is 0 Å². The van der Waals surface area contributed by atoms with E-state index in [4.69, 9.17) is 0 Å². The standard InChI is InChI=1S/C14H22N4S/c1-11-3-5-14(6-4-11)10-19-13(17-14)16-9-12-15-7-8-18(12)2/h7-8,11H,3-6,9-10H2,1-2H3,(H,16,17). The zero-order valence-electron chi connectivity index (χ0n) is 11.7. The Hall–Kier alpha value is -0.970. The van der Waals surface area contributed by atoms with Gasteiger partial charge >= 0.3 is 0 Å². The summed E-state index contributed by atoms with van der Waals surface area (Å²) in [5.41, 5.74) is 0.331. The largest absolute Gasteiger partial charge is 0.359 e. The molecule has 1 aliphatic heterocycles. The normalized spacial score (nSPS) is 32.9. The van der Waals surface area contributed by atoms with Crippen LogP contribution in [0.5, 0.6) is 0 Å². The molecule has 0 unspecified atom stereocenters. The molecule has 2 heterocycles. The third-order valence-corrected chi connectivity index (χ3v) is 5.58. The highest BCUT2D eigenvalue weighted by Gasteiger charge is 2.39. The fraction of sp³-hybridized carbons (Fsp3) is 0.714. The van der Waals surface area contributed by atoms with Crippen molar-refractivity contribution in [2.75, 3.05) is 5.75 Å². The molecule has 1 saturated carbocycles. The highest BCUT2D eigenvalue weighted by molar-refractivity contribution is 8.14. The van der Waals surface area contributed by atoms with Gasteiger partial charge in [0.25, 0.3) is 0 Å². The van der Waals surface area contributed by atoms with Gasteiger partial charge in [-0.2, -0.15) is 0 Å². The number of aliphatic imine (C=N–C) groups is 1. The number of aryl methyl sites for hydroxylation is 1. The number of aromatic nitrogens is 2. The molecule has 1 saturated heterocycles. The van der Waals surface area contributed by atoms with Crippen molar-refractivity contribution in [3.8, 4) is 0 Å². The SMILES string of the molecule is CC1CCC2(CC1)CSC(=NCc1nccn1C)N2. The summed E-state index contributed by atoms with van der Waals surface area (Å²) in [4.78, 5) is 8.99. The number of amidine groups is 1. The number of thioether (sulfide) groups is 1. The van der Waals surface area contributed by atoms with E-state index in [0.717, 1.165) is 16.9 Å². The van der Waals surface area contributed by atoms with Gasteiger partial charge in [-0.15, -0.1) is 0 Å². The van der Waals surface area contributed by atoms with Gasteiger partial charge in [-0.3, -0.25) is 4.99 Å². The number of hydrogen-bond acceptors (Lipinski definition) is 3. The van der Waals surface area contributed by atoms with Gasteiger partial charge < -0.3 is 9.88 Å². The molecular formula is C14H22N4S. The topological polar surface area (TPSA) is 42.2 Å². The molecule has 19 heavy (non-hydrogen) atoms. The van der Waals surface area contributed by atoms with Gasteiger partial charge in [0.1, 0.15) is 5.82 Å². The minimum absolute atomic E-state index is 0.331. The Morgan fingerprint density at radius 1 is 1.53 bits per heavy atom. The third kappa shape index (κ3) is 2.81. The number of nitrogens with one attached hydrogen (secondary N) is 1. The number of nitrogens with zero attached hydrogens (tertiary/aromatic N) is 3. The molecule has 2 fully saturated rings. The van der Waals surface area contributed by atoms with Crippen LogP contribution in [0.1, 0.15) is 38.4 Å². The maximum Gasteiger partial charge on any atom is 0.157 e. The summed E-state index contributed by atoms with van der Waals surface area (Å²) >= 11 is 1.88. The second kappa shape index (κ2) is 5.19. The molecule has 0 radical (unpaired) electrons. The molecule has 0 amide bonds. The first-order chi connectivity index (χ1) is 9.17. The average molecular weight is 278 g/mol. The Balaban J connectivity index is 1.61. The summed E-state index contributed by atoms with van der Waals surface area (Å²) in [6, 6.07) is 0. The minimum Gasteiger partial charge on any atom is -0.359 e. The van der Waals surface area contributed by atoms with Gasteiger partial charge in [-0.1, -0.05) is 18.7 Å². The Morgan fingerprint density at radius 3 is 3.00 bits per heavy atom. The molecular weight excluding hydrogens is 256 g/mol. The van der Waals surface area contributed by atoms with Crippen LogP contribution in [0.2, 0.25) is 0 Å². The van der Waals surface area contributed by atoms with E-state index in [0.29, 0.717) is 12.1 Å². The number of hydrogen-bond donors (Lipinski definition) is 1. The van der Waals surface area contributed by atoms with Gasteiger partial charge in [-0.05, 0) is 31.6 Å². The second-order valence-corrected chi connectivity index (χ2v) is 6.92. The lowest BCUT2D eigenvalue weighted by Crippen LogP contribution is -2.46. The summed E-state index contributed by atoms with van der Waals surface area (Å²) in [6.07, 6.45) is 9.08. The lowest BCUT2D eigenvalue weighted by molar-refractivity contribution is 0.251. The molecule has 0 atom stereocenters. The molecule has 1 spiro atoms. The van der Waals surface area contributed by atoms with E-state index in [1.54, 1.807) is 0 Å². The molecule has 1 N–H and O–H groups in total. The van der Waals surface area contributed by atoms with Crippen LogP contribution in [-0.2, 0) is 13.6 Å². The van der Waals surface area contributed by atoms with Crippen molar-refractivity contribution in [2.45, 2.75) is 44.7 Å².